The fraction of sp³-hybridized carbons (Fsp3) is 0.429. The third kappa shape index (κ3) is 5.42. The highest BCUT2D eigenvalue weighted by Crippen LogP contribution is 2.01. The molecule has 104 valence electrons. The van der Waals surface area contributed by atoms with Crippen molar-refractivity contribution in [1.82, 2.24) is 10.6 Å². The molecule has 0 radical (unpaired) electrons. The Morgan fingerprint density at radius 1 is 1.21 bits per heavy atom. The lowest BCUT2D eigenvalue weighted by Gasteiger charge is -2.16. The van der Waals surface area contributed by atoms with Gasteiger partial charge < -0.3 is 15.4 Å². The highest BCUT2D eigenvalue weighted by molar-refractivity contribution is 5.85. The van der Waals surface area contributed by atoms with Crippen LogP contribution in [0, 0.1) is 0 Å². The molecule has 0 spiro atoms. The largest absolute Gasteiger partial charge is 0.445 e. The summed E-state index contributed by atoms with van der Waals surface area (Å²) in [5.41, 5.74) is 0.906. The topological polar surface area (TPSA) is 67.4 Å². The number of amides is 2. The number of carbonyl (C=O) groups excluding carboxylic acids is 2. The van der Waals surface area contributed by atoms with Crippen LogP contribution in [0.1, 0.15) is 25.8 Å². The Morgan fingerprint density at radius 3 is 2.47 bits per heavy atom. The monoisotopic (exact) mass is 264 g/mol. The molecule has 1 rings (SSSR count). The van der Waals surface area contributed by atoms with Gasteiger partial charge in [-0.2, -0.15) is 0 Å². The molecule has 5 heteroatoms. The van der Waals surface area contributed by atoms with E-state index in [1.807, 2.05) is 44.2 Å². The van der Waals surface area contributed by atoms with Crippen LogP contribution in [0.15, 0.2) is 30.3 Å². The van der Waals surface area contributed by atoms with Crippen molar-refractivity contribution in [2.24, 2.45) is 0 Å². The fourth-order valence-corrected chi connectivity index (χ4v) is 1.56. The van der Waals surface area contributed by atoms with E-state index in [9.17, 15) is 9.59 Å². The first kappa shape index (κ1) is 15.0. The molecule has 0 heterocycles. The van der Waals surface area contributed by atoms with Crippen LogP contribution in [0.5, 0.6) is 0 Å². The average molecular weight is 264 g/mol. The molecule has 2 amide bonds. The van der Waals surface area contributed by atoms with E-state index in [2.05, 4.69) is 10.6 Å². The second kappa shape index (κ2) is 8.13. The second-order valence-electron chi connectivity index (χ2n) is 4.06. The molecule has 0 fully saturated rings. The predicted molar refractivity (Wildman–Crippen MR) is 72.5 cm³/mol. The first-order valence-electron chi connectivity index (χ1n) is 6.42. The summed E-state index contributed by atoms with van der Waals surface area (Å²) in [5, 5.41) is 5.21. The summed E-state index contributed by atoms with van der Waals surface area (Å²) in [4.78, 5) is 23.2. The number of benzene rings is 1. The van der Waals surface area contributed by atoms with Gasteiger partial charge in [0.05, 0.1) is 0 Å². The van der Waals surface area contributed by atoms with Crippen LogP contribution in [0.2, 0.25) is 0 Å². The van der Waals surface area contributed by atoms with Crippen molar-refractivity contribution >= 4 is 12.0 Å². The van der Waals surface area contributed by atoms with Crippen LogP contribution < -0.4 is 10.6 Å². The van der Waals surface area contributed by atoms with Crippen LogP contribution in [-0.4, -0.2) is 24.6 Å². The van der Waals surface area contributed by atoms with E-state index in [1.165, 1.54) is 0 Å². The van der Waals surface area contributed by atoms with E-state index in [1.54, 1.807) is 0 Å². The SMILES string of the molecule is CCNC(=O)C(CC)NC(=O)OCc1ccccc1. The summed E-state index contributed by atoms with van der Waals surface area (Å²) < 4.78 is 5.06. The molecule has 2 N–H and O–H groups in total. The standard InChI is InChI=1S/C14H20N2O3/c1-3-12(13(17)15-4-2)16-14(18)19-10-11-8-6-5-7-9-11/h5-9,12H,3-4,10H2,1-2H3,(H,15,17)(H,16,18). The lowest BCUT2D eigenvalue weighted by atomic mass is 10.2. The normalized spacial score (nSPS) is 11.5. The number of ether oxygens (including phenoxy) is 1. The number of likely N-dealkylation sites (N-methyl/N-ethyl adjacent to an activating group) is 1. The molecule has 0 aliphatic rings. The Bertz CT molecular complexity index is 406. The zero-order chi connectivity index (χ0) is 14.1. The Labute approximate surface area is 113 Å². The van der Waals surface area contributed by atoms with Gasteiger partial charge in [-0.15, -0.1) is 0 Å². The first-order chi connectivity index (χ1) is 9.17. The Kier molecular flexibility index (Phi) is 6.43. The molecule has 0 aliphatic carbocycles. The number of nitrogens with one attached hydrogen (secondary N) is 2. The van der Waals surface area contributed by atoms with Crippen LogP contribution in [0.4, 0.5) is 4.79 Å². The molecule has 1 atom stereocenters. The molecular weight excluding hydrogens is 244 g/mol. The Hall–Kier alpha value is -2.04. The molecular formula is C14H20N2O3. The van der Waals surface area contributed by atoms with Crippen LogP contribution >= 0.6 is 0 Å². The highest BCUT2D eigenvalue weighted by Gasteiger charge is 2.18. The van der Waals surface area contributed by atoms with Crippen LogP contribution in [0.25, 0.3) is 0 Å². The third-order valence-corrected chi connectivity index (χ3v) is 2.58. The molecule has 0 bridgehead atoms. The average Bonchev–Trinajstić information content (AvgIpc) is 2.44. The molecule has 0 aromatic heterocycles. The Morgan fingerprint density at radius 2 is 1.89 bits per heavy atom. The van der Waals surface area contributed by atoms with Crippen molar-refractivity contribution in [3.8, 4) is 0 Å². The maximum absolute atomic E-state index is 11.6. The van der Waals surface area contributed by atoms with Gasteiger partial charge in [0.2, 0.25) is 5.91 Å². The van der Waals surface area contributed by atoms with Gasteiger partial charge in [-0.1, -0.05) is 37.3 Å². The molecule has 0 aliphatic heterocycles. The van der Waals surface area contributed by atoms with Crippen LogP contribution in [0.3, 0.4) is 0 Å². The predicted octanol–water partition coefficient (Wildman–Crippen LogP) is 1.83. The zero-order valence-corrected chi connectivity index (χ0v) is 11.3. The minimum atomic E-state index is -0.582. The molecule has 1 aromatic carbocycles. The van der Waals surface area contributed by atoms with Gasteiger partial charge >= 0.3 is 6.09 Å². The lowest BCUT2D eigenvalue weighted by molar-refractivity contribution is -0.123. The van der Waals surface area contributed by atoms with Gasteiger partial charge in [0.1, 0.15) is 12.6 Å². The number of alkyl carbamates (subject to hydrolysis) is 1. The van der Waals surface area contributed by atoms with E-state index >= 15 is 0 Å². The van der Waals surface area contributed by atoms with E-state index in [0.717, 1.165) is 5.56 Å². The highest BCUT2D eigenvalue weighted by atomic mass is 16.5. The smallest absolute Gasteiger partial charge is 0.408 e. The molecule has 1 aromatic rings. The molecule has 19 heavy (non-hydrogen) atoms. The van der Waals surface area contributed by atoms with Gasteiger partial charge in [-0.25, -0.2) is 4.79 Å². The summed E-state index contributed by atoms with van der Waals surface area (Å²) in [6.07, 6.45) is -0.0614. The third-order valence-electron chi connectivity index (χ3n) is 2.58. The number of carbonyl (C=O) groups is 2. The van der Waals surface area contributed by atoms with Gasteiger partial charge in [-0.05, 0) is 18.9 Å². The molecule has 5 nitrogen and oxygen atoms in total. The maximum atomic E-state index is 11.6. The van der Waals surface area contributed by atoms with Gasteiger partial charge in [0.15, 0.2) is 0 Å². The second-order valence-corrected chi connectivity index (χ2v) is 4.06. The van der Waals surface area contributed by atoms with Crippen molar-refractivity contribution < 1.29 is 14.3 Å². The van der Waals surface area contributed by atoms with Gasteiger partial charge in [0.25, 0.3) is 0 Å². The van der Waals surface area contributed by atoms with Crippen molar-refractivity contribution in [3.05, 3.63) is 35.9 Å². The van der Waals surface area contributed by atoms with E-state index in [-0.39, 0.29) is 12.5 Å². The Balaban J connectivity index is 2.39. The van der Waals surface area contributed by atoms with E-state index < -0.39 is 12.1 Å². The minimum absolute atomic E-state index is 0.193. The van der Waals surface area contributed by atoms with Crippen LogP contribution in [-0.2, 0) is 16.1 Å². The van der Waals surface area contributed by atoms with Crippen molar-refractivity contribution in [2.45, 2.75) is 32.9 Å². The molecule has 1 unspecified atom stereocenters. The molecule has 0 saturated carbocycles. The molecule has 0 saturated heterocycles. The fourth-order valence-electron chi connectivity index (χ4n) is 1.56. The summed E-state index contributed by atoms with van der Waals surface area (Å²) in [7, 11) is 0. The van der Waals surface area contributed by atoms with Crippen molar-refractivity contribution in [1.29, 1.82) is 0 Å². The first-order valence-corrected chi connectivity index (χ1v) is 6.42. The van der Waals surface area contributed by atoms with E-state index in [4.69, 9.17) is 4.74 Å². The van der Waals surface area contributed by atoms with Crippen molar-refractivity contribution in [3.63, 3.8) is 0 Å². The summed E-state index contributed by atoms with van der Waals surface area (Å²) in [6.45, 7) is 4.39. The van der Waals surface area contributed by atoms with Crippen molar-refractivity contribution in [2.75, 3.05) is 6.54 Å². The summed E-state index contributed by atoms with van der Waals surface area (Å²) >= 11 is 0. The van der Waals surface area contributed by atoms with Gasteiger partial charge in [-0.3, -0.25) is 4.79 Å². The quantitative estimate of drug-likeness (QED) is 0.823. The zero-order valence-electron chi connectivity index (χ0n) is 11.3. The lowest BCUT2D eigenvalue weighted by Crippen LogP contribution is -2.46. The number of rotatable bonds is 6. The van der Waals surface area contributed by atoms with E-state index in [0.29, 0.717) is 13.0 Å². The number of hydrogen-bond acceptors (Lipinski definition) is 3. The summed E-state index contributed by atoms with van der Waals surface area (Å²) in [5.74, 6) is -0.193. The maximum Gasteiger partial charge on any atom is 0.408 e. The number of hydrogen-bond donors (Lipinski definition) is 2. The minimum Gasteiger partial charge on any atom is -0.445 e. The van der Waals surface area contributed by atoms with Gasteiger partial charge in [0, 0.05) is 6.54 Å². The summed E-state index contributed by atoms with van der Waals surface area (Å²) in [6, 6.07) is 8.83.